The average Bonchev–Trinajstić information content (AvgIpc) is 2.94. The number of thiophene rings is 1. The van der Waals surface area contributed by atoms with E-state index < -0.39 is 0 Å². The van der Waals surface area contributed by atoms with Gasteiger partial charge in [0, 0.05) is 25.7 Å². The van der Waals surface area contributed by atoms with Crippen LogP contribution in [0.15, 0.2) is 11.4 Å². The molecule has 0 spiro atoms. The third kappa shape index (κ3) is 2.32. The molecule has 1 aliphatic rings. The Balaban J connectivity index is 1.95. The summed E-state index contributed by atoms with van der Waals surface area (Å²) in [5.41, 5.74) is 2.57. The molecule has 1 atom stereocenters. The van der Waals surface area contributed by atoms with Crippen LogP contribution in [0.25, 0.3) is 10.2 Å². The maximum atomic E-state index is 5.48. The number of hydrogen-bond donors (Lipinski definition) is 2. The Hall–Kier alpha value is -1.44. The summed E-state index contributed by atoms with van der Waals surface area (Å²) in [7, 11) is 0. The fraction of sp³-hybridized carbons (Fsp3) is 0.538. The predicted octanol–water partition coefficient (Wildman–Crippen LogP) is 1.51. The van der Waals surface area contributed by atoms with Crippen molar-refractivity contribution in [2.45, 2.75) is 19.9 Å². The van der Waals surface area contributed by atoms with Gasteiger partial charge in [-0.25, -0.2) is 10.8 Å². The molecule has 1 fully saturated rings. The van der Waals surface area contributed by atoms with Crippen LogP contribution in [0.5, 0.6) is 0 Å². The van der Waals surface area contributed by atoms with E-state index in [0.717, 1.165) is 42.2 Å². The van der Waals surface area contributed by atoms with Gasteiger partial charge in [-0.1, -0.05) is 6.92 Å². The first-order chi connectivity index (χ1) is 9.72. The molecular formula is C13H20N6S. The third-order valence-electron chi connectivity index (χ3n) is 3.90. The van der Waals surface area contributed by atoms with Gasteiger partial charge in [0.15, 0.2) is 0 Å². The molecule has 0 bridgehead atoms. The average molecular weight is 292 g/mol. The highest BCUT2D eigenvalue weighted by Gasteiger charge is 2.25. The van der Waals surface area contributed by atoms with E-state index in [1.165, 1.54) is 0 Å². The molecule has 1 aliphatic heterocycles. The second-order valence-corrected chi connectivity index (χ2v) is 5.97. The van der Waals surface area contributed by atoms with E-state index in [0.29, 0.717) is 12.0 Å². The van der Waals surface area contributed by atoms with Crippen LogP contribution in [0.1, 0.15) is 13.8 Å². The van der Waals surface area contributed by atoms with E-state index in [9.17, 15) is 0 Å². The molecule has 7 heteroatoms. The molecule has 0 radical (unpaired) electrons. The molecule has 1 saturated heterocycles. The number of likely N-dealkylation sites (N-methyl/N-ethyl adjacent to an activating group) is 1. The minimum atomic E-state index is 0.487. The standard InChI is InChI=1S/C13H20N6S/c1-3-18-5-6-19(8-9(18)2)11-10-4-7-20-12(10)16-13(15-11)17-14/h4,7,9H,3,5-6,8,14H2,1-2H3,(H,15,16,17). The number of rotatable bonds is 3. The molecule has 3 rings (SSSR count). The second kappa shape index (κ2) is 5.51. The van der Waals surface area contributed by atoms with Gasteiger partial charge in [0.2, 0.25) is 5.95 Å². The van der Waals surface area contributed by atoms with Gasteiger partial charge in [-0.2, -0.15) is 4.98 Å². The fourth-order valence-electron chi connectivity index (χ4n) is 2.80. The monoisotopic (exact) mass is 292 g/mol. The number of hydrogen-bond acceptors (Lipinski definition) is 7. The molecule has 2 aromatic rings. The molecule has 0 amide bonds. The van der Waals surface area contributed by atoms with Crippen LogP contribution in [-0.4, -0.2) is 47.1 Å². The lowest BCUT2D eigenvalue weighted by Gasteiger charge is -2.40. The number of nitrogens with zero attached hydrogens (tertiary/aromatic N) is 4. The number of hydrazine groups is 1. The third-order valence-corrected chi connectivity index (χ3v) is 4.71. The number of aromatic nitrogens is 2. The Morgan fingerprint density at radius 2 is 2.30 bits per heavy atom. The lowest BCUT2D eigenvalue weighted by atomic mass is 10.2. The summed E-state index contributed by atoms with van der Waals surface area (Å²) in [5.74, 6) is 6.96. The van der Waals surface area contributed by atoms with E-state index in [1.54, 1.807) is 11.3 Å². The van der Waals surface area contributed by atoms with Crippen molar-refractivity contribution in [2.24, 2.45) is 5.84 Å². The summed E-state index contributed by atoms with van der Waals surface area (Å²) in [4.78, 5) is 14.8. The van der Waals surface area contributed by atoms with Crippen LogP contribution in [0.3, 0.4) is 0 Å². The topological polar surface area (TPSA) is 70.3 Å². The van der Waals surface area contributed by atoms with Crippen molar-refractivity contribution in [3.05, 3.63) is 11.4 Å². The highest BCUT2D eigenvalue weighted by atomic mass is 32.1. The number of fused-ring (bicyclic) bond motifs is 1. The van der Waals surface area contributed by atoms with Crippen LogP contribution in [0.4, 0.5) is 11.8 Å². The van der Waals surface area contributed by atoms with Crippen LogP contribution in [0.2, 0.25) is 0 Å². The smallest absolute Gasteiger partial charge is 0.240 e. The predicted molar refractivity (Wildman–Crippen MR) is 84.1 cm³/mol. The summed E-state index contributed by atoms with van der Waals surface area (Å²) in [6.07, 6.45) is 0. The van der Waals surface area contributed by atoms with Gasteiger partial charge in [0.25, 0.3) is 0 Å². The molecule has 20 heavy (non-hydrogen) atoms. The summed E-state index contributed by atoms with van der Waals surface area (Å²) >= 11 is 1.62. The van der Waals surface area contributed by atoms with Gasteiger partial charge >= 0.3 is 0 Å². The lowest BCUT2D eigenvalue weighted by molar-refractivity contribution is 0.199. The van der Waals surface area contributed by atoms with E-state index in [-0.39, 0.29) is 0 Å². The highest BCUT2D eigenvalue weighted by Crippen LogP contribution is 2.30. The van der Waals surface area contributed by atoms with Crippen molar-refractivity contribution >= 4 is 33.3 Å². The minimum absolute atomic E-state index is 0.487. The van der Waals surface area contributed by atoms with Gasteiger partial charge < -0.3 is 4.90 Å². The minimum Gasteiger partial charge on any atom is -0.353 e. The van der Waals surface area contributed by atoms with E-state index in [2.05, 4.69) is 50.5 Å². The van der Waals surface area contributed by atoms with Gasteiger partial charge in [-0.05, 0) is 24.9 Å². The highest BCUT2D eigenvalue weighted by molar-refractivity contribution is 7.16. The zero-order valence-corrected chi connectivity index (χ0v) is 12.7. The van der Waals surface area contributed by atoms with Gasteiger partial charge in [-0.15, -0.1) is 11.3 Å². The number of anilines is 2. The molecule has 6 nitrogen and oxygen atoms in total. The van der Waals surface area contributed by atoms with Crippen molar-refractivity contribution in [1.29, 1.82) is 0 Å². The summed E-state index contributed by atoms with van der Waals surface area (Å²) < 4.78 is 0. The number of nitrogens with two attached hydrogens (primary N) is 1. The van der Waals surface area contributed by atoms with Gasteiger partial charge in [-0.3, -0.25) is 10.3 Å². The normalized spacial score (nSPS) is 20.6. The van der Waals surface area contributed by atoms with E-state index in [1.807, 2.05) is 0 Å². The van der Waals surface area contributed by atoms with E-state index >= 15 is 0 Å². The zero-order valence-electron chi connectivity index (χ0n) is 11.8. The molecule has 3 heterocycles. The first kappa shape index (κ1) is 13.5. The van der Waals surface area contributed by atoms with Gasteiger partial charge in [0.05, 0.1) is 5.39 Å². The van der Waals surface area contributed by atoms with Gasteiger partial charge in [0.1, 0.15) is 10.6 Å². The first-order valence-electron chi connectivity index (χ1n) is 6.93. The molecule has 108 valence electrons. The molecule has 0 aromatic carbocycles. The Kier molecular flexibility index (Phi) is 3.73. The first-order valence-corrected chi connectivity index (χ1v) is 7.81. The fourth-order valence-corrected chi connectivity index (χ4v) is 3.56. The van der Waals surface area contributed by atoms with Crippen LogP contribution >= 0.6 is 11.3 Å². The van der Waals surface area contributed by atoms with Crippen molar-refractivity contribution < 1.29 is 0 Å². The molecule has 1 unspecified atom stereocenters. The summed E-state index contributed by atoms with van der Waals surface area (Å²) in [6, 6.07) is 2.62. The van der Waals surface area contributed by atoms with Crippen molar-refractivity contribution in [3.8, 4) is 0 Å². The Morgan fingerprint density at radius 3 is 3.00 bits per heavy atom. The maximum Gasteiger partial charge on any atom is 0.240 e. The Morgan fingerprint density at radius 1 is 1.45 bits per heavy atom. The summed E-state index contributed by atoms with van der Waals surface area (Å²) in [6.45, 7) is 8.62. The SMILES string of the molecule is CCN1CCN(c2nc(NN)nc3sccc23)CC1C. The number of piperazine rings is 1. The lowest BCUT2D eigenvalue weighted by Crippen LogP contribution is -2.52. The van der Waals surface area contributed by atoms with Crippen molar-refractivity contribution in [1.82, 2.24) is 14.9 Å². The molecule has 3 N–H and O–H groups in total. The number of nitrogen functional groups attached to an aromatic ring is 1. The molecular weight excluding hydrogens is 272 g/mol. The zero-order chi connectivity index (χ0) is 14.1. The molecule has 2 aromatic heterocycles. The number of nitrogens with one attached hydrogen (secondary N) is 1. The largest absolute Gasteiger partial charge is 0.353 e. The Labute approximate surface area is 122 Å². The molecule has 0 aliphatic carbocycles. The maximum absolute atomic E-state index is 5.48. The quantitative estimate of drug-likeness (QED) is 0.660. The van der Waals surface area contributed by atoms with E-state index in [4.69, 9.17) is 5.84 Å². The van der Waals surface area contributed by atoms with Crippen LogP contribution in [-0.2, 0) is 0 Å². The second-order valence-electron chi connectivity index (χ2n) is 5.08. The van der Waals surface area contributed by atoms with Crippen molar-refractivity contribution in [3.63, 3.8) is 0 Å². The van der Waals surface area contributed by atoms with Crippen LogP contribution < -0.4 is 16.2 Å². The summed E-state index contributed by atoms with van der Waals surface area (Å²) in [5, 5.41) is 3.17. The van der Waals surface area contributed by atoms with Crippen LogP contribution in [0, 0.1) is 0 Å². The molecule has 0 saturated carbocycles. The Bertz CT molecular complexity index is 598. The van der Waals surface area contributed by atoms with Crippen molar-refractivity contribution in [2.75, 3.05) is 36.5 Å².